The second-order valence-corrected chi connectivity index (χ2v) is 5.21. The molecule has 0 saturated heterocycles. The lowest BCUT2D eigenvalue weighted by Gasteiger charge is -2.19. The summed E-state index contributed by atoms with van der Waals surface area (Å²) < 4.78 is 5.50. The van der Waals surface area contributed by atoms with Gasteiger partial charge >= 0.3 is 0 Å². The third-order valence-electron chi connectivity index (χ3n) is 3.36. The number of nitrogens with zero attached hydrogens (tertiary/aromatic N) is 2. The molecule has 0 aliphatic carbocycles. The highest BCUT2D eigenvalue weighted by molar-refractivity contribution is 5.67. The minimum Gasteiger partial charge on any atom is -0.383 e. The molecular weight excluding hydrogens is 250 g/mol. The molecule has 1 aromatic carbocycles. The quantitative estimate of drug-likeness (QED) is 0.926. The third kappa shape index (κ3) is 2.80. The standard InChI is InChI=1S/C16H21N3O/c1-10(2)14(20-4)16-18-13(11(3)15(17)19-16)12-8-6-5-7-9-12/h5-10,14H,1-4H3,(H2,17,18,19). The average Bonchev–Trinajstić information content (AvgIpc) is 2.43. The van der Waals surface area contributed by atoms with Crippen LogP contribution in [-0.4, -0.2) is 17.1 Å². The molecule has 1 aromatic heterocycles. The van der Waals surface area contributed by atoms with E-state index in [1.165, 1.54) is 0 Å². The SMILES string of the molecule is COC(c1nc(N)c(C)c(-c2ccccc2)n1)C(C)C. The molecule has 4 heteroatoms. The molecule has 4 nitrogen and oxygen atoms in total. The zero-order valence-electron chi connectivity index (χ0n) is 12.4. The normalized spacial score (nSPS) is 12.7. The van der Waals surface area contributed by atoms with E-state index >= 15 is 0 Å². The van der Waals surface area contributed by atoms with E-state index in [1.807, 2.05) is 37.3 Å². The maximum atomic E-state index is 6.04. The molecule has 0 radical (unpaired) electrons. The number of nitrogens with two attached hydrogens (primary N) is 1. The molecule has 1 atom stereocenters. The highest BCUT2D eigenvalue weighted by Crippen LogP contribution is 2.29. The van der Waals surface area contributed by atoms with Crippen molar-refractivity contribution in [3.05, 3.63) is 41.7 Å². The van der Waals surface area contributed by atoms with E-state index < -0.39 is 0 Å². The van der Waals surface area contributed by atoms with Gasteiger partial charge in [0.05, 0.1) is 5.69 Å². The Morgan fingerprint density at radius 1 is 1.10 bits per heavy atom. The first kappa shape index (κ1) is 14.5. The molecule has 0 aliphatic rings. The second kappa shape index (κ2) is 6.01. The molecule has 1 unspecified atom stereocenters. The molecule has 0 fully saturated rings. The molecule has 0 amide bonds. The van der Waals surface area contributed by atoms with Crippen LogP contribution in [-0.2, 0) is 4.74 Å². The second-order valence-electron chi connectivity index (χ2n) is 5.21. The van der Waals surface area contributed by atoms with Crippen molar-refractivity contribution in [3.63, 3.8) is 0 Å². The van der Waals surface area contributed by atoms with Gasteiger partial charge in [0.1, 0.15) is 11.9 Å². The number of anilines is 1. The lowest BCUT2D eigenvalue weighted by molar-refractivity contribution is 0.0576. The zero-order valence-corrected chi connectivity index (χ0v) is 12.4. The zero-order chi connectivity index (χ0) is 14.7. The molecule has 2 N–H and O–H groups in total. The maximum Gasteiger partial charge on any atom is 0.160 e. The topological polar surface area (TPSA) is 61.0 Å². The van der Waals surface area contributed by atoms with Gasteiger partial charge in [-0.05, 0) is 12.8 Å². The number of methoxy groups -OCH3 is 1. The van der Waals surface area contributed by atoms with Gasteiger partial charge in [0, 0.05) is 18.2 Å². The van der Waals surface area contributed by atoms with E-state index in [0.717, 1.165) is 16.8 Å². The summed E-state index contributed by atoms with van der Waals surface area (Å²) in [4.78, 5) is 9.07. The van der Waals surface area contributed by atoms with Crippen LogP contribution in [0.4, 0.5) is 5.82 Å². The Hall–Kier alpha value is -1.94. The van der Waals surface area contributed by atoms with Gasteiger partial charge in [-0.2, -0.15) is 0 Å². The molecule has 0 saturated carbocycles. The number of hydrogen-bond donors (Lipinski definition) is 1. The van der Waals surface area contributed by atoms with Crippen LogP contribution in [0.5, 0.6) is 0 Å². The van der Waals surface area contributed by atoms with Crippen LogP contribution in [0.1, 0.15) is 31.3 Å². The summed E-state index contributed by atoms with van der Waals surface area (Å²) >= 11 is 0. The van der Waals surface area contributed by atoms with Gasteiger partial charge < -0.3 is 10.5 Å². The Kier molecular flexibility index (Phi) is 4.35. The van der Waals surface area contributed by atoms with Gasteiger partial charge in [-0.1, -0.05) is 44.2 Å². The minimum atomic E-state index is -0.152. The molecule has 1 heterocycles. The van der Waals surface area contributed by atoms with E-state index in [2.05, 4.69) is 23.8 Å². The number of rotatable bonds is 4. The summed E-state index contributed by atoms with van der Waals surface area (Å²) in [5.41, 5.74) is 8.86. The van der Waals surface area contributed by atoms with Crippen LogP contribution in [0.25, 0.3) is 11.3 Å². The first-order valence-corrected chi connectivity index (χ1v) is 6.76. The minimum absolute atomic E-state index is 0.152. The summed E-state index contributed by atoms with van der Waals surface area (Å²) in [6.07, 6.45) is -0.152. The van der Waals surface area contributed by atoms with Crippen LogP contribution < -0.4 is 5.73 Å². The number of aromatic nitrogens is 2. The Morgan fingerprint density at radius 3 is 2.30 bits per heavy atom. The predicted molar refractivity (Wildman–Crippen MR) is 81.2 cm³/mol. The predicted octanol–water partition coefficient (Wildman–Crippen LogP) is 3.38. The molecule has 106 valence electrons. The molecule has 0 spiro atoms. The van der Waals surface area contributed by atoms with Crippen molar-refractivity contribution < 1.29 is 4.74 Å². The Balaban J connectivity index is 2.56. The lowest BCUT2D eigenvalue weighted by atomic mass is 10.0. The fourth-order valence-corrected chi connectivity index (χ4v) is 2.23. The average molecular weight is 271 g/mol. The largest absolute Gasteiger partial charge is 0.383 e. The Labute approximate surface area is 120 Å². The van der Waals surface area contributed by atoms with E-state index in [1.54, 1.807) is 7.11 Å². The van der Waals surface area contributed by atoms with E-state index in [4.69, 9.17) is 10.5 Å². The molecule has 20 heavy (non-hydrogen) atoms. The van der Waals surface area contributed by atoms with Gasteiger partial charge in [-0.25, -0.2) is 9.97 Å². The summed E-state index contributed by atoms with van der Waals surface area (Å²) in [7, 11) is 1.67. The van der Waals surface area contributed by atoms with Crippen LogP contribution in [0.2, 0.25) is 0 Å². The van der Waals surface area contributed by atoms with Gasteiger partial charge in [0.25, 0.3) is 0 Å². The smallest absolute Gasteiger partial charge is 0.160 e. The highest BCUT2D eigenvalue weighted by Gasteiger charge is 2.21. The molecule has 0 bridgehead atoms. The van der Waals surface area contributed by atoms with Crippen molar-refractivity contribution in [2.24, 2.45) is 5.92 Å². The summed E-state index contributed by atoms with van der Waals surface area (Å²) in [5.74, 6) is 1.44. The van der Waals surface area contributed by atoms with Gasteiger partial charge in [0.2, 0.25) is 0 Å². The number of ether oxygens (including phenoxy) is 1. The van der Waals surface area contributed by atoms with Crippen LogP contribution in [0, 0.1) is 12.8 Å². The van der Waals surface area contributed by atoms with Crippen molar-refractivity contribution in [2.45, 2.75) is 26.9 Å². The van der Waals surface area contributed by atoms with Gasteiger partial charge in [0.15, 0.2) is 5.82 Å². The highest BCUT2D eigenvalue weighted by atomic mass is 16.5. The summed E-state index contributed by atoms with van der Waals surface area (Å²) in [5, 5.41) is 0. The number of nitrogen functional groups attached to an aromatic ring is 1. The number of benzene rings is 1. The fraction of sp³-hybridized carbons (Fsp3) is 0.375. The number of hydrogen-bond acceptors (Lipinski definition) is 4. The van der Waals surface area contributed by atoms with Crippen LogP contribution in [0.15, 0.2) is 30.3 Å². The van der Waals surface area contributed by atoms with Gasteiger partial charge in [-0.15, -0.1) is 0 Å². The first-order valence-electron chi connectivity index (χ1n) is 6.76. The van der Waals surface area contributed by atoms with E-state index in [-0.39, 0.29) is 12.0 Å². The first-order chi connectivity index (χ1) is 9.54. The molecule has 2 aromatic rings. The molecular formula is C16H21N3O. The van der Waals surface area contributed by atoms with E-state index in [0.29, 0.717) is 11.6 Å². The van der Waals surface area contributed by atoms with Crippen molar-refractivity contribution >= 4 is 5.82 Å². The van der Waals surface area contributed by atoms with E-state index in [9.17, 15) is 0 Å². The van der Waals surface area contributed by atoms with Crippen molar-refractivity contribution in [1.82, 2.24) is 9.97 Å². The summed E-state index contributed by atoms with van der Waals surface area (Å²) in [6, 6.07) is 10.0. The molecule has 0 aliphatic heterocycles. The third-order valence-corrected chi connectivity index (χ3v) is 3.36. The van der Waals surface area contributed by atoms with Crippen molar-refractivity contribution in [3.8, 4) is 11.3 Å². The lowest BCUT2D eigenvalue weighted by Crippen LogP contribution is -2.15. The Bertz CT molecular complexity index is 582. The van der Waals surface area contributed by atoms with Crippen molar-refractivity contribution in [1.29, 1.82) is 0 Å². The molecule has 2 rings (SSSR count). The van der Waals surface area contributed by atoms with Gasteiger partial charge in [-0.3, -0.25) is 0 Å². The maximum absolute atomic E-state index is 6.04. The van der Waals surface area contributed by atoms with Crippen molar-refractivity contribution in [2.75, 3.05) is 12.8 Å². The monoisotopic (exact) mass is 271 g/mol. The Morgan fingerprint density at radius 2 is 1.75 bits per heavy atom. The van der Waals surface area contributed by atoms with Crippen LogP contribution in [0.3, 0.4) is 0 Å². The fourth-order valence-electron chi connectivity index (χ4n) is 2.23. The van der Waals surface area contributed by atoms with Crippen LogP contribution >= 0.6 is 0 Å². The summed E-state index contributed by atoms with van der Waals surface area (Å²) in [6.45, 7) is 6.10.